The number of nitrogens with one attached hydrogen (secondary N) is 1. The molecule has 1 amide bonds. The SMILES string of the molecule is Cc1ccccc1CNC(=O)c1cc2c(Cl)cccc2n1C. The summed E-state index contributed by atoms with van der Waals surface area (Å²) in [5.41, 5.74) is 3.85. The summed E-state index contributed by atoms with van der Waals surface area (Å²) < 4.78 is 1.87. The van der Waals surface area contributed by atoms with Crippen LogP contribution in [0.5, 0.6) is 0 Å². The standard InChI is InChI=1S/C18H17ClN2O/c1-12-6-3-4-7-13(12)11-20-18(22)17-10-14-15(19)8-5-9-16(14)21(17)2/h3-10H,11H2,1-2H3,(H,20,22). The summed E-state index contributed by atoms with van der Waals surface area (Å²) in [6.45, 7) is 2.55. The van der Waals surface area contributed by atoms with Crippen LogP contribution in [0, 0.1) is 6.92 Å². The van der Waals surface area contributed by atoms with E-state index in [1.807, 2.05) is 67.1 Å². The molecule has 0 aliphatic heterocycles. The van der Waals surface area contributed by atoms with Gasteiger partial charge < -0.3 is 9.88 Å². The number of benzene rings is 2. The van der Waals surface area contributed by atoms with E-state index in [4.69, 9.17) is 11.6 Å². The summed E-state index contributed by atoms with van der Waals surface area (Å²) in [5.74, 6) is -0.0991. The first-order chi connectivity index (χ1) is 10.6. The molecule has 22 heavy (non-hydrogen) atoms. The molecule has 0 aliphatic carbocycles. The van der Waals surface area contributed by atoms with Crippen molar-refractivity contribution in [2.75, 3.05) is 0 Å². The van der Waals surface area contributed by atoms with Crippen LogP contribution in [0.4, 0.5) is 0 Å². The van der Waals surface area contributed by atoms with Crippen molar-refractivity contribution in [2.24, 2.45) is 7.05 Å². The Morgan fingerprint density at radius 1 is 1.18 bits per heavy atom. The maximum Gasteiger partial charge on any atom is 0.268 e. The number of amides is 1. The quantitative estimate of drug-likeness (QED) is 0.777. The van der Waals surface area contributed by atoms with Crippen molar-refractivity contribution in [1.29, 1.82) is 0 Å². The van der Waals surface area contributed by atoms with E-state index in [1.54, 1.807) is 0 Å². The number of carbonyl (C=O) groups is 1. The number of aromatic nitrogens is 1. The Balaban J connectivity index is 1.85. The van der Waals surface area contributed by atoms with Crippen molar-refractivity contribution in [3.63, 3.8) is 0 Å². The number of hydrogen-bond acceptors (Lipinski definition) is 1. The minimum absolute atomic E-state index is 0.0991. The second-order valence-corrected chi connectivity index (χ2v) is 5.78. The molecule has 0 spiro atoms. The molecule has 0 unspecified atom stereocenters. The van der Waals surface area contributed by atoms with Gasteiger partial charge in [0.1, 0.15) is 5.69 Å². The molecule has 0 fully saturated rings. The largest absolute Gasteiger partial charge is 0.347 e. The Morgan fingerprint density at radius 2 is 1.95 bits per heavy atom. The zero-order chi connectivity index (χ0) is 15.7. The molecule has 112 valence electrons. The van der Waals surface area contributed by atoms with Crippen LogP contribution >= 0.6 is 11.6 Å². The predicted molar refractivity (Wildman–Crippen MR) is 90.3 cm³/mol. The van der Waals surface area contributed by atoms with Gasteiger partial charge >= 0.3 is 0 Å². The molecule has 4 heteroatoms. The fraction of sp³-hybridized carbons (Fsp3) is 0.167. The molecule has 1 N–H and O–H groups in total. The van der Waals surface area contributed by atoms with Gasteiger partial charge in [0.2, 0.25) is 0 Å². The highest BCUT2D eigenvalue weighted by atomic mass is 35.5. The molecule has 0 atom stereocenters. The van der Waals surface area contributed by atoms with Gasteiger partial charge in [-0.3, -0.25) is 4.79 Å². The van der Waals surface area contributed by atoms with Crippen molar-refractivity contribution >= 4 is 28.4 Å². The Labute approximate surface area is 134 Å². The Morgan fingerprint density at radius 3 is 2.68 bits per heavy atom. The molecule has 0 aliphatic rings. The molecule has 3 aromatic rings. The Kier molecular flexibility index (Phi) is 3.90. The van der Waals surface area contributed by atoms with Crippen molar-refractivity contribution in [3.8, 4) is 0 Å². The van der Waals surface area contributed by atoms with E-state index in [2.05, 4.69) is 5.32 Å². The van der Waals surface area contributed by atoms with Gasteiger partial charge in [0, 0.05) is 29.5 Å². The van der Waals surface area contributed by atoms with Gasteiger partial charge in [0.05, 0.1) is 0 Å². The van der Waals surface area contributed by atoms with E-state index in [9.17, 15) is 4.79 Å². The van der Waals surface area contributed by atoms with Crippen LogP contribution in [0.2, 0.25) is 5.02 Å². The Hall–Kier alpha value is -2.26. The summed E-state index contributed by atoms with van der Waals surface area (Å²) in [5, 5.41) is 4.53. The van der Waals surface area contributed by atoms with E-state index >= 15 is 0 Å². The molecule has 0 radical (unpaired) electrons. The van der Waals surface area contributed by atoms with E-state index in [0.717, 1.165) is 16.5 Å². The van der Waals surface area contributed by atoms with Crippen molar-refractivity contribution in [3.05, 3.63) is 70.4 Å². The fourth-order valence-corrected chi connectivity index (χ4v) is 2.84. The van der Waals surface area contributed by atoms with E-state index in [-0.39, 0.29) is 5.91 Å². The van der Waals surface area contributed by atoms with Gasteiger partial charge in [-0.05, 0) is 36.2 Å². The molecule has 0 saturated carbocycles. The minimum atomic E-state index is -0.0991. The molecule has 0 saturated heterocycles. The minimum Gasteiger partial charge on any atom is -0.347 e. The number of halogens is 1. The number of aryl methyl sites for hydroxylation is 2. The predicted octanol–water partition coefficient (Wildman–Crippen LogP) is 4.07. The molecule has 2 aromatic carbocycles. The second-order valence-electron chi connectivity index (χ2n) is 5.37. The van der Waals surface area contributed by atoms with Crippen molar-refractivity contribution < 1.29 is 4.79 Å². The van der Waals surface area contributed by atoms with E-state index in [0.29, 0.717) is 17.3 Å². The summed E-state index contributed by atoms with van der Waals surface area (Å²) in [6.07, 6.45) is 0. The number of carbonyl (C=O) groups excluding carboxylic acids is 1. The molecule has 1 aromatic heterocycles. The first-order valence-electron chi connectivity index (χ1n) is 7.14. The second kappa shape index (κ2) is 5.85. The number of rotatable bonds is 3. The average Bonchev–Trinajstić information content (AvgIpc) is 2.85. The summed E-state index contributed by atoms with van der Waals surface area (Å²) in [4.78, 5) is 12.5. The summed E-state index contributed by atoms with van der Waals surface area (Å²) in [7, 11) is 1.88. The lowest BCUT2D eigenvalue weighted by atomic mass is 10.1. The fourth-order valence-electron chi connectivity index (χ4n) is 2.62. The van der Waals surface area contributed by atoms with Gasteiger partial charge in [-0.15, -0.1) is 0 Å². The first-order valence-corrected chi connectivity index (χ1v) is 7.52. The molecule has 0 bridgehead atoms. The first kappa shape index (κ1) is 14.7. The smallest absolute Gasteiger partial charge is 0.268 e. The highest BCUT2D eigenvalue weighted by Crippen LogP contribution is 2.26. The van der Waals surface area contributed by atoms with Gasteiger partial charge in [0.15, 0.2) is 0 Å². The van der Waals surface area contributed by atoms with Crippen LogP contribution in [-0.2, 0) is 13.6 Å². The van der Waals surface area contributed by atoms with Gasteiger partial charge in [0.25, 0.3) is 5.91 Å². The number of nitrogens with zero attached hydrogens (tertiary/aromatic N) is 1. The molecular formula is C18H17ClN2O. The molecule has 1 heterocycles. The van der Waals surface area contributed by atoms with E-state index in [1.165, 1.54) is 5.56 Å². The third-order valence-electron chi connectivity index (χ3n) is 3.97. The van der Waals surface area contributed by atoms with Crippen LogP contribution in [0.1, 0.15) is 21.6 Å². The lowest BCUT2D eigenvalue weighted by Gasteiger charge is -2.08. The molecule has 3 nitrogen and oxygen atoms in total. The monoisotopic (exact) mass is 312 g/mol. The van der Waals surface area contributed by atoms with Crippen LogP contribution in [0.3, 0.4) is 0 Å². The van der Waals surface area contributed by atoms with Crippen LogP contribution in [0.15, 0.2) is 48.5 Å². The lowest BCUT2D eigenvalue weighted by molar-refractivity contribution is 0.0943. The van der Waals surface area contributed by atoms with Crippen LogP contribution in [-0.4, -0.2) is 10.5 Å². The third-order valence-corrected chi connectivity index (χ3v) is 4.30. The summed E-state index contributed by atoms with van der Waals surface area (Å²) in [6, 6.07) is 15.5. The van der Waals surface area contributed by atoms with Gasteiger partial charge in [-0.2, -0.15) is 0 Å². The molecule has 3 rings (SSSR count). The third kappa shape index (κ3) is 2.60. The van der Waals surface area contributed by atoms with E-state index < -0.39 is 0 Å². The van der Waals surface area contributed by atoms with Crippen LogP contribution in [0.25, 0.3) is 10.9 Å². The van der Waals surface area contributed by atoms with Crippen LogP contribution < -0.4 is 5.32 Å². The number of hydrogen-bond donors (Lipinski definition) is 1. The Bertz CT molecular complexity index is 851. The summed E-state index contributed by atoms with van der Waals surface area (Å²) >= 11 is 6.20. The zero-order valence-electron chi connectivity index (χ0n) is 12.6. The van der Waals surface area contributed by atoms with Gasteiger partial charge in [-0.1, -0.05) is 41.9 Å². The lowest BCUT2D eigenvalue weighted by Crippen LogP contribution is -2.25. The normalized spacial score (nSPS) is 10.9. The highest BCUT2D eigenvalue weighted by Gasteiger charge is 2.14. The zero-order valence-corrected chi connectivity index (χ0v) is 13.3. The maximum absolute atomic E-state index is 12.5. The van der Waals surface area contributed by atoms with Crippen molar-refractivity contribution in [2.45, 2.75) is 13.5 Å². The van der Waals surface area contributed by atoms with Crippen molar-refractivity contribution in [1.82, 2.24) is 9.88 Å². The maximum atomic E-state index is 12.5. The topological polar surface area (TPSA) is 34.0 Å². The van der Waals surface area contributed by atoms with Gasteiger partial charge in [-0.25, -0.2) is 0 Å². The molecular weight excluding hydrogens is 296 g/mol. The average molecular weight is 313 g/mol. The highest BCUT2D eigenvalue weighted by molar-refractivity contribution is 6.35. The number of fused-ring (bicyclic) bond motifs is 1.